The first-order chi connectivity index (χ1) is 9.65. The molecule has 0 fully saturated rings. The van der Waals surface area contributed by atoms with Crippen LogP contribution in [-0.4, -0.2) is 0 Å². The number of para-hydroxylation sites is 1. The number of anilines is 1. The van der Waals surface area contributed by atoms with Crippen LogP contribution in [0.2, 0.25) is 10.2 Å². The number of hydrogen-bond acceptors (Lipinski definition) is 2. The summed E-state index contributed by atoms with van der Waals surface area (Å²) in [6.07, 6.45) is 0. The Bertz CT molecular complexity index is 764. The maximum absolute atomic E-state index is 6.16. The average Bonchev–Trinajstić information content (AvgIpc) is 2.76. The first-order valence-corrected chi connectivity index (χ1v) is 7.06. The van der Waals surface area contributed by atoms with E-state index in [1.165, 1.54) is 0 Å². The van der Waals surface area contributed by atoms with Crippen LogP contribution in [0.4, 0.5) is 5.69 Å². The Labute approximate surface area is 127 Å². The van der Waals surface area contributed by atoms with E-state index in [1.54, 1.807) is 0 Å². The highest BCUT2D eigenvalue weighted by Crippen LogP contribution is 2.30. The molecule has 20 heavy (non-hydrogen) atoms. The van der Waals surface area contributed by atoms with E-state index >= 15 is 0 Å². The molecular formula is C16H13Cl2NO. The molecule has 3 aromatic rings. The van der Waals surface area contributed by atoms with Gasteiger partial charge in [-0.3, -0.25) is 0 Å². The van der Waals surface area contributed by atoms with E-state index in [9.17, 15) is 0 Å². The lowest BCUT2D eigenvalue weighted by molar-refractivity contribution is 0.613. The van der Waals surface area contributed by atoms with Gasteiger partial charge in [-0.2, -0.15) is 0 Å². The van der Waals surface area contributed by atoms with E-state index < -0.39 is 0 Å². The molecule has 1 heterocycles. The normalized spacial score (nSPS) is 10.9. The third-order valence-corrected chi connectivity index (χ3v) is 4.00. The van der Waals surface area contributed by atoms with Crippen LogP contribution in [0.3, 0.4) is 0 Å². The zero-order chi connectivity index (χ0) is 14.1. The lowest BCUT2D eigenvalue weighted by Gasteiger charge is -2.07. The van der Waals surface area contributed by atoms with E-state index in [-0.39, 0.29) is 0 Å². The molecule has 4 heteroatoms. The third kappa shape index (κ3) is 2.49. The first kappa shape index (κ1) is 13.3. The van der Waals surface area contributed by atoms with Crippen molar-refractivity contribution in [1.29, 1.82) is 0 Å². The van der Waals surface area contributed by atoms with Crippen molar-refractivity contribution >= 4 is 39.9 Å². The molecule has 1 aromatic heterocycles. The fourth-order valence-electron chi connectivity index (χ4n) is 2.13. The lowest BCUT2D eigenvalue weighted by atomic mass is 10.1. The third-order valence-electron chi connectivity index (χ3n) is 3.29. The topological polar surface area (TPSA) is 25.2 Å². The zero-order valence-corrected chi connectivity index (χ0v) is 12.4. The highest BCUT2D eigenvalue weighted by Gasteiger charge is 2.11. The molecule has 3 rings (SSSR count). The smallest absolute Gasteiger partial charge is 0.199 e. The van der Waals surface area contributed by atoms with Crippen molar-refractivity contribution in [3.8, 4) is 0 Å². The van der Waals surface area contributed by atoms with Gasteiger partial charge in [0.1, 0.15) is 5.58 Å². The second kappa shape index (κ2) is 5.39. The van der Waals surface area contributed by atoms with Crippen LogP contribution in [0.15, 0.2) is 46.9 Å². The van der Waals surface area contributed by atoms with E-state index in [4.69, 9.17) is 27.6 Å². The molecule has 0 aliphatic carbocycles. The highest BCUT2D eigenvalue weighted by molar-refractivity contribution is 6.31. The minimum Gasteiger partial charge on any atom is -0.444 e. The Hall–Kier alpha value is -1.64. The maximum atomic E-state index is 6.16. The average molecular weight is 306 g/mol. The molecular weight excluding hydrogens is 293 g/mol. The van der Waals surface area contributed by atoms with Crippen LogP contribution in [0.25, 0.3) is 11.0 Å². The fourth-order valence-corrected chi connectivity index (χ4v) is 2.56. The van der Waals surface area contributed by atoms with Crippen LogP contribution < -0.4 is 5.32 Å². The van der Waals surface area contributed by atoms with Gasteiger partial charge in [0.2, 0.25) is 0 Å². The van der Waals surface area contributed by atoms with Gasteiger partial charge in [-0.05, 0) is 42.3 Å². The standard InChI is InChI=1S/C16H13Cl2NO/c1-10-6-7-11(8-14(10)17)19-9-13-12-4-2-3-5-15(12)20-16(13)18/h2-8,19H,9H2,1H3. The minimum atomic E-state index is 0.428. The maximum Gasteiger partial charge on any atom is 0.199 e. The Morgan fingerprint density at radius 2 is 1.90 bits per heavy atom. The fraction of sp³-hybridized carbons (Fsp3) is 0.125. The van der Waals surface area contributed by atoms with Crippen LogP contribution in [0, 0.1) is 6.92 Å². The molecule has 0 atom stereocenters. The second-order valence-corrected chi connectivity index (χ2v) is 5.42. The SMILES string of the molecule is Cc1ccc(NCc2c(Cl)oc3ccccc23)cc1Cl. The second-order valence-electron chi connectivity index (χ2n) is 4.67. The Balaban J connectivity index is 1.86. The summed E-state index contributed by atoms with van der Waals surface area (Å²) in [7, 11) is 0. The van der Waals surface area contributed by atoms with Crippen LogP contribution in [0.5, 0.6) is 0 Å². The van der Waals surface area contributed by atoms with Gasteiger partial charge in [0.05, 0.1) is 0 Å². The number of furan rings is 1. The molecule has 0 unspecified atom stereocenters. The Morgan fingerprint density at radius 1 is 1.10 bits per heavy atom. The largest absolute Gasteiger partial charge is 0.444 e. The number of benzene rings is 2. The highest BCUT2D eigenvalue weighted by atomic mass is 35.5. The summed E-state index contributed by atoms with van der Waals surface area (Å²) in [5, 5.41) is 5.53. The van der Waals surface area contributed by atoms with Gasteiger partial charge in [-0.1, -0.05) is 35.9 Å². The van der Waals surface area contributed by atoms with Crippen molar-refractivity contribution in [3.05, 3.63) is 63.8 Å². The van der Waals surface area contributed by atoms with Crippen LogP contribution in [-0.2, 0) is 6.54 Å². The Kier molecular flexibility index (Phi) is 3.60. The van der Waals surface area contributed by atoms with Gasteiger partial charge in [-0.15, -0.1) is 0 Å². The molecule has 0 aliphatic rings. The van der Waals surface area contributed by atoms with Crippen molar-refractivity contribution in [1.82, 2.24) is 0 Å². The molecule has 0 aliphatic heterocycles. The predicted molar refractivity (Wildman–Crippen MR) is 84.7 cm³/mol. The van der Waals surface area contributed by atoms with Gasteiger partial charge in [0.25, 0.3) is 0 Å². The van der Waals surface area contributed by atoms with Crippen LogP contribution >= 0.6 is 23.2 Å². The Morgan fingerprint density at radius 3 is 2.70 bits per heavy atom. The van der Waals surface area contributed by atoms with Crippen molar-refractivity contribution in [2.45, 2.75) is 13.5 Å². The summed E-state index contributed by atoms with van der Waals surface area (Å²) in [5.41, 5.74) is 3.78. The minimum absolute atomic E-state index is 0.428. The molecule has 102 valence electrons. The van der Waals surface area contributed by atoms with Gasteiger partial charge >= 0.3 is 0 Å². The van der Waals surface area contributed by atoms with Gasteiger partial charge in [-0.25, -0.2) is 0 Å². The zero-order valence-electron chi connectivity index (χ0n) is 10.9. The summed E-state index contributed by atoms with van der Waals surface area (Å²) in [6, 6.07) is 13.7. The monoisotopic (exact) mass is 305 g/mol. The molecule has 0 radical (unpaired) electrons. The summed E-state index contributed by atoms with van der Waals surface area (Å²) < 4.78 is 5.53. The van der Waals surface area contributed by atoms with Gasteiger partial charge in [0.15, 0.2) is 5.22 Å². The molecule has 0 bridgehead atoms. The molecule has 1 N–H and O–H groups in total. The van der Waals surface area contributed by atoms with Crippen molar-refractivity contribution in [2.24, 2.45) is 0 Å². The summed E-state index contributed by atoms with van der Waals surface area (Å²) >= 11 is 12.3. The summed E-state index contributed by atoms with van der Waals surface area (Å²) in [5.74, 6) is 0. The number of hydrogen-bond donors (Lipinski definition) is 1. The van der Waals surface area contributed by atoms with Crippen molar-refractivity contribution in [3.63, 3.8) is 0 Å². The van der Waals surface area contributed by atoms with Crippen LogP contribution in [0.1, 0.15) is 11.1 Å². The van der Waals surface area contributed by atoms with E-state index in [0.717, 1.165) is 32.8 Å². The lowest BCUT2D eigenvalue weighted by Crippen LogP contribution is -1.99. The number of fused-ring (bicyclic) bond motifs is 1. The summed E-state index contributed by atoms with van der Waals surface area (Å²) in [4.78, 5) is 0. The molecule has 0 spiro atoms. The van der Waals surface area contributed by atoms with E-state index in [1.807, 2.05) is 49.4 Å². The molecule has 2 aromatic carbocycles. The number of halogens is 2. The number of aryl methyl sites for hydroxylation is 1. The molecule has 2 nitrogen and oxygen atoms in total. The predicted octanol–water partition coefficient (Wildman–Crippen LogP) is 5.66. The quantitative estimate of drug-likeness (QED) is 0.675. The molecule has 0 saturated carbocycles. The number of rotatable bonds is 3. The molecule has 0 saturated heterocycles. The van der Waals surface area contributed by atoms with Gasteiger partial charge < -0.3 is 9.73 Å². The van der Waals surface area contributed by atoms with E-state index in [0.29, 0.717) is 11.8 Å². The van der Waals surface area contributed by atoms with Crippen molar-refractivity contribution in [2.75, 3.05) is 5.32 Å². The first-order valence-electron chi connectivity index (χ1n) is 6.31. The summed E-state index contributed by atoms with van der Waals surface area (Å²) in [6.45, 7) is 2.57. The van der Waals surface area contributed by atoms with Crippen molar-refractivity contribution < 1.29 is 4.42 Å². The van der Waals surface area contributed by atoms with E-state index in [2.05, 4.69) is 5.32 Å². The number of nitrogens with one attached hydrogen (secondary N) is 1. The molecule has 0 amide bonds. The van der Waals surface area contributed by atoms with Gasteiger partial charge in [0, 0.05) is 28.2 Å².